The molecular weight excluding hydrogens is 873 g/mol. The van der Waals surface area contributed by atoms with E-state index in [9.17, 15) is 28.8 Å². The number of ether oxygens (including phenoxy) is 3. The first-order valence-electron chi connectivity index (χ1n) is 28.0. The number of methoxy groups -OCH3 is 1. The van der Waals surface area contributed by atoms with Crippen molar-refractivity contribution in [2.75, 3.05) is 69.9 Å². The predicted molar refractivity (Wildman–Crippen MR) is 288 cm³/mol. The highest BCUT2D eigenvalue weighted by atomic mass is 16.5. The van der Waals surface area contributed by atoms with Crippen LogP contribution in [0.5, 0.6) is 5.75 Å². The lowest BCUT2D eigenvalue weighted by molar-refractivity contribution is -0.150. The average Bonchev–Trinajstić information content (AvgIpc) is 3.35. The second-order valence-electron chi connectivity index (χ2n) is 19.2. The van der Waals surface area contributed by atoms with E-state index in [-0.39, 0.29) is 29.5 Å². The third-order valence-corrected chi connectivity index (χ3v) is 13.2. The number of hydrogen-bond acceptors (Lipinski definition) is 13. The molecule has 13 nitrogen and oxygen atoms in total. The molecule has 0 saturated heterocycles. The van der Waals surface area contributed by atoms with Gasteiger partial charge >= 0.3 is 11.9 Å². The molecule has 0 fully saturated rings. The summed E-state index contributed by atoms with van der Waals surface area (Å²) < 4.78 is 16.1. The molecule has 0 radical (unpaired) electrons. The molecule has 0 saturated carbocycles. The van der Waals surface area contributed by atoms with E-state index in [2.05, 4.69) is 46.4 Å². The first kappa shape index (κ1) is 63.3. The minimum atomic E-state index is -0.549. The van der Waals surface area contributed by atoms with Gasteiger partial charge in [0.05, 0.1) is 13.7 Å². The largest absolute Gasteiger partial charge is 0.491 e. The summed E-state index contributed by atoms with van der Waals surface area (Å²) in [5, 5.41) is 8.58. The van der Waals surface area contributed by atoms with Crippen molar-refractivity contribution >= 4 is 29.0 Å². The maximum atomic E-state index is 12.8. The van der Waals surface area contributed by atoms with E-state index in [1.807, 2.05) is 0 Å². The van der Waals surface area contributed by atoms with Crippen LogP contribution in [-0.4, -0.2) is 76.9 Å². The molecule has 2 aromatic rings. The standard InChI is InChI=1S/C50H93N3O6.C6H7NO3/c1-5-8-11-14-17-26-33-43-58-45(54)37-29-22-18-24-31-40-53(42-34-39-52-48-47(51-4)49(56)50(48)57)41-32-25-19-23-30-38-46(55)59-44(35-27-20-15-12-9-6-2)36-28-21-16-13-10-7-3;1-7-3-4(8)5(9)6(3)10-2/h44,51-52H,5-43H2,1-4H3;7H,1-2H3. The van der Waals surface area contributed by atoms with Crippen molar-refractivity contribution in [2.45, 2.75) is 245 Å². The van der Waals surface area contributed by atoms with Crippen molar-refractivity contribution in [3.05, 3.63) is 40.9 Å². The molecule has 0 unspecified atom stereocenters. The molecular formula is C56H100N4O9. The van der Waals surface area contributed by atoms with Crippen LogP contribution in [0.4, 0.5) is 17.1 Å². The van der Waals surface area contributed by atoms with Crippen LogP contribution in [-0.2, 0) is 19.1 Å². The molecule has 0 heterocycles. The van der Waals surface area contributed by atoms with Crippen LogP contribution in [0.3, 0.4) is 0 Å². The van der Waals surface area contributed by atoms with Gasteiger partial charge in [-0.15, -0.1) is 0 Å². The summed E-state index contributed by atoms with van der Waals surface area (Å²) in [5.74, 6) is 0.0797. The zero-order valence-electron chi connectivity index (χ0n) is 44.8. The Hall–Kier alpha value is -3.74. The van der Waals surface area contributed by atoms with Crippen LogP contribution in [0.2, 0.25) is 0 Å². The predicted octanol–water partition coefficient (Wildman–Crippen LogP) is 12.1. The zero-order valence-corrected chi connectivity index (χ0v) is 44.8. The fourth-order valence-electron chi connectivity index (χ4n) is 8.84. The second-order valence-corrected chi connectivity index (χ2v) is 19.2. The molecule has 0 atom stereocenters. The fourth-order valence-corrected chi connectivity index (χ4v) is 8.84. The molecule has 398 valence electrons. The van der Waals surface area contributed by atoms with Gasteiger partial charge in [0, 0.05) is 33.5 Å². The van der Waals surface area contributed by atoms with E-state index < -0.39 is 21.7 Å². The minimum Gasteiger partial charge on any atom is -0.491 e. The van der Waals surface area contributed by atoms with Crippen LogP contribution >= 0.6 is 0 Å². The summed E-state index contributed by atoms with van der Waals surface area (Å²) in [6, 6.07) is 0. The summed E-state index contributed by atoms with van der Waals surface area (Å²) in [7, 11) is 4.60. The summed E-state index contributed by atoms with van der Waals surface area (Å²) in [4.78, 5) is 72.4. The molecule has 13 heteroatoms. The first-order valence-corrected chi connectivity index (χ1v) is 28.0. The number of carbonyl (C=O) groups excluding carboxylic acids is 2. The lowest BCUT2D eigenvalue weighted by atomic mass is 10.0. The smallest absolute Gasteiger partial charge is 0.306 e. The molecule has 0 aromatic heterocycles. The number of hydrogen-bond donors (Lipinski definition) is 3. The highest BCUT2D eigenvalue weighted by Crippen LogP contribution is 2.19. The first-order chi connectivity index (χ1) is 33.6. The fraction of sp³-hybridized carbons (Fsp3) is 0.821. The lowest BCUT2D eigenvalue weighted by Crippen LogP contribution is -2.37. The Morgan fingerprint density at radius 2 is 0.870 bits per heavy atom. The highest BCUT2D eigenvalue weighted by Gasteiger charge is 2.20. The monoisotopic (exact) mass is 973 g/mol. The second kappa shape index (κ2) is 43.1. The Morgan fingerprint density at radius 3 is 1.35 bits per heavy atom. The van der Waals surface area contributed by atoms with Crippen molar-refractivity contribution in [3.63, 3.8) is 0 Å². The van der Waals surface area contributed by atoms with Gasteiger partial charge in [-0.2, -0.15) is 0 Å². The summed E-state index contributed by atoms with van der Waals surface area (Å²) in [5.41, 5.74) is -0.839. The molecule has 2 rings (SSSR count). The molecule has 0 aliphatic rings. The maximum absolute atomic E-state index is 12.8. The van der Waals surface area contributed by atoms with Gasteiger partial charge in [-0.25, -0.2) is 0 Å². The Kier molecular flexibility index (Phi) is 39.5. The number of carbonyl (C=O) groups is 2. The van der Waals surface area contributed by atoms with Crippen LogP contribution in [0, 0.1) is 0 Å². The van der Waals surface area contributed by atoms with E-state index >= 15 is 0 Å². The molecule has 2 aromatic carbocycles. The number of nitrogens with zero attached hydrogens (tertiary/aromatic N) is 1. The van der Waals surface area contributed by atoms with Crippen molar-refractivity contribution in [3.8, 4) is 5.75 Å². The van der Waals surface area contributed by atoms with Gasteiger partial charge < -0.3 is 35.1 Å². The van der Waals surface area contributed by atoms with E-state index in [1.54, 1.807) is 14.1 Å². The maximum Gasteiger partial charge on any atom is 0.306 e. The Bertz CT molecular complexity index is 1670. The topological polar surface area (TPSA) is 169 Å². The molecule has 0 aliphatic heterocycles. The van der Waals surface area contributed by atoms with Gasteiger partial charge in [0.2, 0.25) is 0 Å². The van der Waals surface area contributed by atoms with Crippen molar-refractivity contribution in [2.24, 2.45) is 0 Å². The van der Waals surface area contributed by atoms with Gasteiger partial charge in [-0.3, -0.25) is 28.8 Å². The van der Waals surface area contributed by atoms with Gasteiger partial charge in [0.25, 0.3) is 21.7 Å². The summed E-state index contributed by atoms with van der Waals surface area (Å²) in [6.07, 6.45) is 38.5. The van der Waals surface area contributed by atoms with E-state index in [0.29, 0.717) is 37.4 Å². The number of unbranched alkanes of at least 4 members (excludes halogenated alkanes) is 24. The van der Waals surface area contributed by atoms with Crippen LogP contribution in [0.1, 0.15) is 239 Å². The van der Waals surface area contributed by atoms with E-state index in [1.165, 1.54) is 116 Å². The average molecular weight is 973 g/mol. The van der Waals surface area contributed by atoms with E-state index in [0.717, 1.165) is 116 Å². The Morgan fingerprint density at radius 1 is 0.464 bits per heavy atom. The number of anilines is 3. The van der Waals surface area contributed by atoms with Gasteiger partial charge in [-0.05, 0) is 83.8 Å². The van der Waals surface area contributed by atoms with Gasteiger partial charge in [0.1, 0.15) is 23.2 Å². The Balaban J connectivity index is 0.00000209. The third kappa shape index (κ3) is 29.9. The van der Waals surface area contributed by atoms with Crippen molar-refractivity contribution < 1.29 is 23.8 Å². The van der Waals surface area contributed by atoms with Crippen molar-refractivity contribution in [1.29, 1.82) is 0 Å². The molecule has 0 bridgehead atoms. The summed E-state index contributed by atoms with van der Waals surface area (Å²) >= 11 is 0. The van der Waals surface area contributed by atoms with Crippen molar-refractivity contribution in [1.82, 2.24) is 4.90 Å². The quantitative estimate of drug-likeness (QED) is 0.0326. The van der Waals surface area contributed by atoms with Crippen LogP contribution < -0.4 is 42.4 Å². The normalized spacial score (nSPS) is 11.3. The minimum absolute atomic E-state index is 0.00365. The van der Waals surface area contributed by atoms with Crippen LogP contribution in [0.25, 0.3) is 0 Å². The molecule has 0 aliphatic carbocycles. The highest BCUT2D eigenvalue weighted by molar-refractivity contribution is 5.73. The lowest BCUT2D eigenvalue weighted by Gasteiger charge is -2.23. The van der Waals surface area contributed by atoms with Gasteiger partial charge in [-0.1, -0.05) is 162 Å². The molecule has 3 N–H and O–H groups in total. The molecule has 69 heavy (non-hydrogen) atoms. The molecule has 0 spiro atoms. The SMILES string of the molecule is CCCCCCCCCOC(=O)CCCCCCCN(CCCCCCCC(=O)OC(CCCCCCCC)CCCCCCCC)CCCNc1c(NC)c(=O)c1=O.CNc1c(OC)c(=O)c1=O. The third-order valence-electron chi connectivity index (χ3n) is 13.2. The number of nitrogens with one attached hydrogen (secondary N) is 3. The zero-order chi connectivity index (χ0) is 50.7. The Labute approximate surface area is 418 Å². The van der Waals surface area contributed by atoms with Gasteiger partial charge in [0.15, 0.2) is 5.75 Å². The summed E-state index contributed by atoms with van der Waals surface area (Å²) in [6.45, 7) is 11.0. The van der Waals surface area contributed by atoms with E-state index in [4.69, 9.17) is 9.47 Å². The number of esters is 2. The number of rotatable bonds is 47. The molecule has 0 amide bonds. The van der Waals surface area contributed by atoms with Crippen LogP contribution in [0.15, 0.2) is 19.2 Å².